The molecule has 0 atom stereocenters. The van der Waals surface area contributed by atoms with Gasteiger partial charge in [-0.3, -0.25) is 14.4 Å². The summed E-state index contributed by atoms with van der Waals surface area (Å²) >= 11 is 0. The maximum Gasteiger partial charge on any atom is 0.248 e. The minimum absolute atomic E-state index is 0.0691. The summed E-state index contributed by atoms with van der Waals surface area (Å²) in [5.74, 6) is -0.773. The smallest absolute Gasteiger partial charge is 0.248 e. The van der Waals surface area contributed by atoms with Gasteiger partial charge in [0.2, 0.25) is 11.8 Å². The van der Waals surface area contributed by atoms with Crippen molar-refractivity contribution >= 4 is 23.3 Å². The van der Waals surface area contributed by atoms with Gasteiger partial charge in [-0.25, -0.2) is 0 Å². The summed E-state index contributed by atoms with van der Waals surface area (Å²) in [7, 11) is 0. The fourth-order valence-electron chi connectivity index (χ4n) is 2.31. The first kappa shape index (κ1) is 13.1. The molecule has 3 N–H and O–H groups in total. The van der Waals surface area contributed by atoms with Crippen molar-refractivity contribution in [3.8, 4) is 0 Å². The summed E-state index contributed by atoms with van der Waals surface area (Å²) in [6.07, 6.45) is 0.344. The van der Waals surface area contributed by atoms with E-state index >= 15 is 0 Å². The lowest BCUT2D eigenvalue weighted by Gasteiger charge is -2.05. The first-order chi connectivity index (χ1) is 10.0. The number of ketones is 1. The van der Waals surface area contributed by atoms with Crippen LogP contribution in [0.15, 0.2) is 42.5 Å². The number of amides is 2. The van der Waals surface area contributed by atoms with E-state index < -0.39 is 5.91 Å². The number of rotatable bonds is 3. The first-order valence-corrected chi connectivity index (χ1v) is 6.42. The summed E-state index contributed by atoms with van der Waals surface area (Å²) in [5, 5.41) is 2.72. The Labute approximate surface area is 120 Å². The molecule has 3 rings (SSSR count). The highest BCUT2D eigenvalue weighted by atomic mass is 16.2. The lowest BCUT2D eigenvalue weighted by atomic mass is 10.00. The molecule has 0 aromatic heterocycles. The lowest BCUT2D eigenvalue weighted by Crippen LogP contribution is -2.11. The molecule has 2 aromatic rings. The molecule has 1 aliphatic heterocycles. The maximum absolute atomic E-state index is 12.4. The van der Waals surface area contributed by atoms with E-state index in [1.54, 1.807) is 30.3 Å². The Morgan fingerprint density at radius 3 is 2.24 bits per heavy atom. The molecule has 5 nitrogen and oxygen atoms in total. The maximum atomic E-state index is 12.4. The quantitative estimate of drug-likeness (QED) is 0.835. The molecule has 0 aliphatic carbocycles. The molecule has 0 fully saturated rings. The SMILES string of the molecule is NC(=O)c1ccc(C(=O)c2ccc3c(c2)NC(=O)C3)cc1. The zero-order valence-electron chi connectivity index (χ0n) is 11.1. The van der Waals surface area contributed by atoms with Gasteiger partial charge in [-0.2, -0.15) is 0 Å². The van der Waals surface area contributed by atoms with Crippen molar-refractivity contribution in [2.24, 2.45) is 5.73 Å². The minimum atomic E-state index is -0.533. The van der Waals surface area contributed by atoms with Crippen LogP contribution >= 0.6 is 0 Å². The Balaban J connectivity index is 1.90. The second-order valence-electron chi connectivity index (χ2n) is 4.87. The number of benzene rings is 2. The normalized spacial score (nSPS) is 12.7. The molecule has 0 radical (unpaired) electrons. The van der Waals surface area contributed by atoms with E-state index in [0.717, 1.165) is 5.56 Å². The lowest BCUT2D eigenvalue weighted by molar-refractivity contribution is -0.115. The highest BCUT2D eigenvalue weighted by Gasteiger charge is 2.19. The fraction of sp³-hybridized carbons (Fsp3) is 0.0625. The van der Waals surface area contributed by atoms with Crippen LogP contribution in [0.5, 0.6) is 0 Å². The van der Waals surface area contributed by atoms with Crippen LogP contribution in [0, 0.1) is 0 Å². The molecule has 0 unspecified atom stereocenters. The van der Waals surface area contributed by atoms with Crippen LogP contribution in [0.2, 0.25) is 0 Å². The monoisotopic (exact) mass is 280 g/mol. The highest BCUT2D eigenvalue weighted by Crippen LogP contribution is 2.25. The number of primary amides is 1. The van der Waals surface area contributed by atoms with Crippen molar-refractivity contribution in [2.45, 2.75) is 6.42 Å². The topological polar surface area (TPSA) is 89.3 Å². The molecule has 21 heavy (non-hydrogen) atoms. The number of hydrogen-bond donors (Lipinski definition) is 2. The van der Waals surface area contributed by atoms with Gasteiger partial charge in [-0.1, -0.05) is 24.3 Å². The molecule has 0 bridgehead atoms. The summed E-state index contributed by atoms with van der Waals surface area (Å²) in [5.41, 5.74) is 8.04. The Hall–Kier alpha value is -2.95. The number of nitrogens with one attached hydrogen (secondary N) is 1. The van der Waals surface area contributed by atoms with Gasteiger partial charge >= 0.3 is 0 Å². The average Bonchev–Trinajstić information content (AvgIpc) is 2.85. The van der Waals surface area contributed by atoms with Crippen molar-refractivity contribution in [2.75, 3.05) is 5.32 Å². The number of fused-ring (bicyclic) bond motifs is 1. The van der Waals surface area contributed by atoms with E-state index in [-0.39, 0.29) is 11.7 Å². The fourth-order valence-corrected chi connectivity index (χ4v) is 2.31. The molecule has 0 saturated heterocycles. The van der Waals surface area contributed by atoms with Gasteiger partial charge in [0, 0.05) is 22.4 Å². The standard InChI is InChI=1S/C16H12N2O3/c17-16(21)10-3-1-9(2-4-10)15(20)12-6-5-11-8-14(19)18-13(11)7-12/h1-7H,8H2,(H2,17,21)(H,18,19). The van der Waals surface area contributed by atoms with Gasteiger partial charge in [0.05, 0.1) is 6.42 Å². The van der Waals surface area contributed by atoms with Gasteiger partial charge in [0.15, 0.2) is 5.78 Å². The Morgan fingerprint density at radius 1 is 0.952 bits per heavy atom. The van der Waals surface area contributed by atoms with Crippen molar-refractivity contribution in [3.63, 3.8) is 0 Å². The summed E-state index contributed by atoms with van der Waals surface area (Å²) in [4.78, 5) is 34.7. The van der Waals surface area contributed by atoms with Gasteiger partial charge in [-0.05, 0) is 23.8 Å². The van der Waals surface area contributed by atoms with Crippen LogP contribution in [0.1, 0.15) is 31.8 Å². The van der Waals surface area contributed by atoms with Crippen LogP contribution in [0.4, 0.5) is 5.69 Å². The molecule has 104 valence electrons. The van der Waals surface area contributed by atoms with Gasteiger partial charge in [0.25, 0.3) is 0 Å². The van der Waals surface area contributed by atoms with Crippen LogP contribution in [-0.4, -0.2) is 17.6 Å². The van der Waals surface area contributed by atoms with Gasteiger partial charge < -0.3 is 11.1 Å². The first-order valence-electron chi connectivity index (χ1n) is 6.42. The van der Waals surface area contributed by atoms with Gasteiger partial charge in [-0.15, -0.1) is 0 Å². The van der Waals surface area contributed by atoms with E-state index in [1.807, 2.05) is 0 Å². The van der Waals surface area contributed by atoms with E-state index in [2.05, 4.69) is 5.32 Å². The second kappa shape index (κ2) is 4.86. The Morgan fingerprint density at radius 2 is 1.57 bits per heavy atom. The number of nitrogens with two attached hydrogens (primary N) is 1. The molecule has 2 amide bonds. The number of hydrogen-bond acceptors (Lipinski definition) is 3. The predicted molar refractivity (Wildman–Crippen MR) is 77.2 cm³/mol. The molecule has 0 saturated carbocycles. The molecule has 1 heterocycles. The third-order valence-corrected chi connectivity index (χ3v) is 3.43. The van der Waals surface area contributed by atoms with E-state index in [4.69, 9.17) is 5.73 Å². The molecular formula is C16H12N2O3. The zero-order valence-corrected chi connectivity index (χ0v) is 11.1. The summed E-state index contributed by atoms with van der Waals surface area (Å²) in [6.45, 7) is 0. The molecular weight excluding hydrogens is 268 g/mol. The number of anilines is 1. The molecule has 0 spiro atoms. The summed E-state index contributed by atoms with van der Waals surface area (Å²) < 4.78 is 0. The van der Waals surface area contributed by atoms with E-state index in [9.17, 15) is 14.4 Å². The number of carbonyl (C=O) groups excluding carboxylic acids is 3. The van der Waals surface area contributed by atoms with Crippen LogP contribution in [0.25, 0.3) is 0 Å². The zero-order chi connectivity index (χ0) is 15.0. The van der Waals surface area contributed by atoms with E-state index in [1.165, 1.54) is 12.1 Å². The van der Waals surface area contributed by atoms with Crippen molar-refractivity contribution < 1.29 is 14.4 Å². The number of carbonyl (C=O) groups is 3. The average molecular weight is 280 g/mol. The largest absolute Gasteiger partial charge is 0.366 e. The van der Waals surface area contributed by atoms with Gasteiger partial charge in [0.1, 0.15) is 0 Å². The third-order valence-electron chi connectivity index (χ3n) is 3.43. The molecule has 5 heteroatoms. The van der Waals surface area contributed by atoms with Crippen LogP contribution in [-0.2, 0) is 11.2 Å². The van der Waals surface area contributed by atoms with Crippen molar-refractivity contribution in [1.29, 1.82) is 0 Å². The minimum Gasteiger partial charge on any atom is -0.366 e. The second-order valence-corrected chi connectivity index (χ2v) is 4.87. The Kier molecular flexibility index (Phi) is 3.02. The molecule has 2 aromatic carbocycles. The Bertz CT molecular complexity index is 764. The third kappa shape index (κ3) is 2.41. The summed E-state index contributed by atoms with van der Waals surface area (Å²) in [6, 6.07) is 11.3. The van der Waals surface area contributed by atoms with Crippen molar-refractivity contribution in [1.82, 2.24) is 0 Å². The van der Waals surface area contributed by atoms with Crippen molar-refractivity contribution in [3.05, 3.63) is 64.7 Å². The van der Waals surface area contributed by atoms with Crippen LogP contribution < -0.4 is 11.1 Å². The highest BCUT2D eigenvalue weighted by molar-refractivity contribution is 6.11. The molecule has 1 aliphatic rings. The van der Waals surface area contributed by atoms with E-state index in [0.29, 0.717) is 28.8 Å². The predicted octanol–water partition coefficient (Wildman–Crippen LogP) is 1.51. The van der Waals surface area contributed by atoms with Crippen LogP contribution in [0.3, 0.4) is 0 Å².